The van der Waals surface area contributed by atoms with Crippen molar-refractivity contribution in [1.29, 1.82) is 0 Å². The molecule has 1 aromatic carbocycles. The highest BCUT2D eigenvalue weighted by Gasteiger charge is 2.29. The van der Waals surface area contributed by atoms with Gasteiger partial charge in [-0.05, 0) is 48.6 Å². The van der Waals surface area contributed by atoms with E-state index >= 15 is 0 Å². The number of fused-ring (bicyclic) bond motifs is 2. The molecule has 0 unspecified atom stereocenters. The first kappa shape index (κ1) is 16.5. The third-order valence-corrected chi connectivity index (χ3v) is 6.08. The van der Waals surface area contributed by atoms with Gasteiger partial charge >= 0.3 is 0 Å². The van der Waals surface area contributed by atoms with Crippen LogP contribution in [-0.2, 0) is 12.8 Å². The van der Waals surface area contributed by atoms with Crippen molar-refractivity contribution in [2.75, 3.05) is 26.2 Å². The monoisotopic (exact) mass is 360 g/mol. The number of nitrogens with zero attached hydrogens (tertiary/aromatic N) is 4. The van der Waals surface area contributed by atoms with E-state index in [1.165, 1.54) is 24.0 Å². The molecule has 2 aliphatic rings. The van der Waals surface area contributed by atoms with Gasteiger partial charge < -0.3 is 4.90 Å². The zero-order valence-corrected chi connectivity index (χ0v) is 15.4. The van der Waals surface area contributed by atoms with Crippen LogP contribution in [0.1, 0.15) is 28.0 Å². The summed E-state index contributed by atoms with van der Waals surface area (Å²) in [5, 5.41) is 4.30. The van der Waals surface area contributed by atoms with Crippen LogP contribution in [0.15, 0.2) is 54.7 Å². The third-order valence-electron chi connectivity index (χ3n) is 6.08. The number of hydrogen-bond acceptors (Lipinski definition) is 3. The molecule has 3 aromatic rings. The number of amides is 1. The van der Waals surface area contributed by atoms with Gasteiger partial charge in [0.2, 0.25) is 0 Å². The van der Waals surface area contributed by atoms with E-state index in [2.05, 4.69) is 34.3 Å². The summed E-state index contributed by atoms with van der Waals surface area (Å²) in [5.74, 6) is 0.0814. The molecule has 5 rings (SSSR count). The van der Waals surface area contributed by atoms with E-state index < -0.39 is 0 Å². The lowest BCUT2D eigenvalue weighted by Gasteiger charge is -2.41. The van der Waals surface area contributed by atoms with Crippen molar-refractivity contribution in [3.05, 3.63) is 71.5 Å². The second-order valence-corrected chi connectivity index (χ2v) is 7.57. The minimum absolute atomic E-state index is 0.0814. The summed E-state index contributed by atoms with van der Waals surface area (Å²) in [4.78, 5) is 17.6. The van der Waals surface area contributed by atoms with E-state index in [4.69, 9.17) is 0 Å². The number of piperazine rings is 1. The molecule has 0 spiro atoms. The van der Waals surface area contributed by atoms with Gasteiger partial charge in [0.15, 0.2) is 0 Å². The molecule has 1 atom stereocenters. The Morgan fingerprint density at radius 3 is 2.59 bits per heavy atom. The summed E-state index contributed by atoms with van der Waals surface area (Å²) >= 11 is 0. The van der Waals surface area contributed by atoms with Gasteiger partial charge in [0.05, 0.1) is 11.7 Å². The van der Waals surface area contributed by atoms with E-state index in [0.29, 0.717) is 11.7 Å². The number of carbonyl (C=O) groups excluding carboxylic acids is 1. The lowest BCUT2D eigenvalue weighted by Crippen LogP contribution is -2.53. The summed E-state index contributed by atoms with van der Waals surface area (Å²) in [7, 11) is 0. The summed E-state index contributed by atoms with van der Waals surface area (Å²) < 4.78 is 1.74. The molecule has 0 saturated carbocycles. The summed E-state index contributed by atoms with van der Waals surface area (Å²) in [6.45, 7) is 3.48. The zero-order chi connectivity index (χ0) is 18.2. The molecule has 0 N–H and O–H groups in total. The summed E-state index contributed by atoms with van der Waals surface area (Å²) in [5.41, 5.74) is 4.62. The van der Waals surface area contributed by atoms with Crippen LogP contribution in [0.2, 0.25) is 0 Å². The van der Waals surface area contributed by atoms with Gasteiger partial charge in [-0.1, -0.05) is 30.3 Å². The van der Waals surface area contributed by atoms with E-state index in [1.807, 2.05) is 29.2 Å². The Bertz CT molecular complexity index is 971. The average Bonchev–Trinajstić information content (AvgIpc) is 3.22. The predicted molar refractivity (Wildman–Crippen MR) is 105 cm³/mol. The molecule has 5 heteroatoms. The van der Waals surface area contributed by atoms with Crippen LogP contribution in [0, 0.1) is 0 Å². The van der Waals surface area contributed by atoms with Crippen molar-refractivity contribution < 1.29 is 4.79 Å². The van der Waals surface area contributed by atoms with E-state index in [1.54, 1.807) is 10.7 Å². The molecule has 1 fully saturated rings. The molecule has 1 saturated heterocycles. The van der Waals surface area contributed by atoms with Crippen molar-refractivity contribution in [3.63, 3.8) is 0 Å². The maximum Gasteiger partial charge on any atom is 0.272 e. The number of pyridine rings is 1. The van der Waals surface area contributed by atoms with Crippen molar-refractivity contribution in [2.45, 2.75) is 25.3 Å². The maximum absolute atomic E-state index is 13.0. The largest absolute Gasteiger partial charge is 0.335 e. The fourth-order valence-corrected chi connectivity index (χ4v) is 4.55. The first-order valence-corrected chi connectivity index (χ1v) is 9.82. The normalized spacial score (nSPS) is 20.6. The molecule has 27 heavy (non-hydrogen) atoms. The fraction of sp³-hybridized carbons (Fsp3) is 0.364. The van der Waals surface area contributed by atoms with Crippen molar-refractivity contribution in [2.24, 2.45) is 0 Å². The van der Waals surface area contributed by atoms with Gasteiger partial charge in [0.1, 0.15) is 5.69 Å². The van der Waals surface area contributed by atoms with Gasteiger partial charge in [-0.2, -0.15) is 5.10 Å². The van der Waals surface area contributed by atoms with E-state index in [-0.39, 0.29) is 5.91 Å². The van der Waals surface area contributed by atoms with E-state index in [0.717, 1.165) is 38.1 Å². The third kappa shape index (κ3) is 3.02. The average molecular weight is 360 g/mol. The summed E-state index contributed by atoms with van der Waals surface area (Å²) in [6, 6.07) is 17.1. The molecule has 3 heterocycles. The van der Waals surface area contributed by atoms with Crippen LogP contribution in [0.5, 0.6) is 0 Å². The molecular weight excluding hydrogens is 336 g/mol. The van der Waals surface area contributed by atoms with Crippen LogP contribution in [-0.4, -0.2) is 57.5 Å². The lowest BCUT2D eigenvalue weighted by atomic mass is 9.87. The Morgan fingerprint density at radius 2 is 1.74 bits per heavy atom. The van der Waals surface area contributed by atoms with Crippen LogP contribution in [0.25, 0.3) is 5.52 Å². The number of benzene rings is 1. The molecule has 138 valence electrons. The van der Waals surface area contributed by atoms with Crippen LogP contribution >= 0.6 is 0 Å². The standard InChI is InChI=1S/C22H24N4O/c27-22(21-7-3-6-19-10-11-23-26(19)21)25-14-12-24(13-15-25)20-9-8-17-4-1-2-5-18(17)16-20/h1-7,10-11,20H,8-9,12-16H2/t20-/m0/s1. The Kier molecular flexibility index (Phi) is 4.17. The molecule has 1 aliphatic carbocycles. The van der Waals surface area contributed by atoms with E-state index in [9.17, 15) is 4.79 Å². The topological polar surface area (TPSA) is 40.9 Å². The zero-order valence-electron chi connectivity index (χ0n) is 15.4. The maximum atomic E-state index is 13.0. The summed E-state index contributed by atoms with van der Waals surface area (Å²) in [6.07, 6.45) is 5.26. The van der Waals surface area contributed by atoms with Crippen LogP contribution in [0.3, 0.4) is 0 Å². The van der Waals surface area contributed by atoms with Crippen molar-refractivity contribution in [1.82, 2.24) is 19.4 Å². The van der Waals surface area contributed by atoms with Gasteiger partial charge in [-0.25, -0.2) is 4.52 Å². The number of aromatic nitrogens is 2. The smallest absolute Gasteiger partial charge is 0.272 e. The number of carbonyl (C=O) groups is 1. The Balaban J connectivity index is 1.25. The Labute approximate surface area is 159 Å². The van der Waals surface area contributed by atoms with Crippen molar-refractivity contribution >= 4 is 11.4 Å². The quantitative estimate of drug-likeness (QED) is 0.705. The molecule has 5 nitrogen and oxygen atoms in total. The SMILES string of the molecule is O=C(c1cccc2ccnn12)N1CCN([C@H]2CCc3ccccc3C2)CC1. The molecule has 0 radical (unpaired) electrons. The van der Waals surface area contributed by atoms with Gasteiger partial charge in [0.25, 0.3) is 5.91 Å². The predicted octanol–water partition coefficient (Wildman–Crippen LogP) is 2.65. The second-order valence-electron chi connectivity index (χ2n) is 7.57. The number of aryl methyl sites for hydroxylation is 1. The van der Waals surface area contributed by atoms with Gasteiger partial charge in [-0.3, -0.25) is 9.69 Å². The fourth-order valence-electron chi connectivity index (χ4n) is 4.55. The lowest BCUT2D eigenvalue weighted by molar-refractivity contribution is 0.0545. The first-order valence-electron chi connectivity index (χ1n) is 9.82. The second kappa shape index (κ2) is 6.82. The van der Waals surface area contributed by atoms with Gasteiger partial charge in [-0.15, -0.1) is 0 Å². The van der Waals surface area contributed by atoms with Gasteiger partial charge in [0, 0.05) is 32.2 Å². The molecule has 2 aromatic heterocycles. The number of rotatable bonds is 2. The molecule has 0 bridgehead atoms. The highest BCUT2D eigenvalue weighted by atomic mass is 16.2. The first-order chi connectivity index (χ1) is 13.3. The van der Waals surface area contributed by atoms with Crippen molar-refractivity contribution in [3.8, 4) is 0 Å². The Morgan fingerprint density at radius 1 is 0.926 bits per heavy atom. The van der Waals surface area contributed by atoms with Crippen LogP contribution in [0.4, 0.5) is 0 Å². The highest BCUT2D eigenvalue weighted by molar-refractivity contribution is 5.93. The minimum Gasteiger partial charge on any atom is -0.335 e. The Hall–Kier alpha value is -2.66. The minimum atomic E-state index is 0.0814. The number of hydrogen-bond donors (Lipinski definition) is 0. The van der Waals surface area contributed by atoms with Crippen LogP contribution < -0.4 is 0 Å². The molecule has 1 aliphatic heterocycles. The molecule has 1 amide bonds. The molecular formula is C22H24N4O. The highest BCUT2D eigenvalue weighted by Crippen LogP contribution is 2.25.